The molecular formula is C19H18ClNO2. The SMILES string of the molecule is COc1ccc(C(C)C)cc1/C=C1/C(=O)Nc2cc(Cl)ccc21. The summed E-state index contributed by atoms with van der Waals surface area (Å²) in [5.74, 6) is 1.03. The van der Waals surface area contributed by atoms with Gasteiger partial charge in [-0.05, 0) is 41.8 Å². The summed E-state index contributed by atoms with van der Waals surface area (Å²) in [6.07, 6.45) is 1.87. The van der Waals surface area contributed by atoms with Gasteiger partial charge in [-0.25, -0.2) is 0 Å². The number of carbonyl (C=O) groups is 1. The van der Waals surface area contributed by atoms with E-state index in [-0.39, 0.29) is 5.91 Å². The molecular weight excluding hydrogens is 310 g/mol. The first-order valence-electron chi connectivity index (χ1n) is 7.50. The highest BCUT2D eigenvalue weighted by atomic mass is 35.5. The molecule has 23 heavy (non-hydrogen) atoms. The number of amides is 1. The van der Waals surface area contributed by atoms with Gasteiger partial charge in [0.05, 0.1) is 12.8 Å². The Morgan fingerprint density at radius 1 is 1.17 bits per heavy atom. The minimum Gasteiger partial charge on any atom is -0.496 e. The molecule has 0 saturated carbocycles. The molecule has 0 bridgehead atoms. The van der Waals surface area contributed by atoms with Crippen LogP contribution in [-0.4, -0.2) is 13.0 Å². The second kappa shape index (κ2) is 6.09. The van der Waals surface area contributed by atoms with E-state index < -0.39 is 0 Å². The summed E-state index contributed by atoms with van der Waals surface area (Å²) in [6.45, 7) is 4.27. The average molecular weight is 328 g/mol. The summed E-state index contributed by atoms with van der Waals surface area (Å²) < 4.78 is 5.44. The third-order valence-electron chi connectivity index (χ3n) is 3.98. The second-order valence-electron chi connectivity index (χ2n) is 5.86. The van der Waals surface area contributed by atoms with Crippen molar-refractivity contribution in [1.29, 1.82) is 0 Å². The maximum absolute atomic E-state index is 12.3. The van der Waals surface area contributed by atoms with Crippen LogP contribution >= 0.6 is 11.6 Å². The Hall–Kier alpha value is -2.26. The molecule has 0 radical (unpaired) electrons. The molecule has 4 heteroatoms. The zero-order chi connectivity index (χ0) is 16.6. The second-order valence-corrected chi connectivity index (χ2v) is 6.29. The molecule has 3 nitrogen and oxygen atoms in total. The van der Waals surface area contributed by atoms with Crippen LogP contribution in [0.3, 0.4) is 0 Å². The van der Waals surface area contributed by atoms with Gasteiger partial charge in [0.2, 0.25) is 0 Å². The van der Waals surface area contributed by atoms with Crippen molar-refractivity contribution in [3.63, 3.8) is 0 Å². The smallest absolute Gasteiger partial charge is 0.256 e. The molecule has 1 aliphatic rings. The maximum Gasteiger partial charge on any atom is 0.256 e. The fourth-order valence-corrected chi connectivity index (χ4v) is 2.86. The molecule has 0 aliphatic carbocycles. The van der Waals surface area contributed by atoms with Gasteiger partial charge in [-0.2, -0.15) is 0 Å². The lowest BCUT2D eigenvalue weighted by atomic mass is 9.98. The van der Waals surface area contributed by atoms with Gasteiger partial charge in [-0.15, -0.1) is 0 Å². The topological polar surface area (TPSA) is 38.3 Å². The first-order chi connectivity index (χ1) is 11.0. The van der Waals surface area contributed by atoms with E-state index in [4.69, 9.17) is 16.3 Å². The van der Waals surface area contributed by atoms with Crippen LogP contribution in [0.1, 0.15) is 36.5 Å². The zero-order valence-electron chi connectivity index (χ0n) is 13.3. The van der Waals surface area contributed by atoms with Gasteiger partial charge in [0.15, 0.2) is 0 Å². The van der Waals surface area contributed by atoms with Crippen molar-refractivity contribution in [2.45, 2.75) is 19.8 Å². The molecule has 3 rings (SSSR count). The van der Waals surface area contributed by atoms with Crippen molar-refractivity contribution in [2.75, 3.05) is 12.4 Å². The number of halogens is 1. The number of nitrogens with one attached hydrogen (secondary N) is 1. The Morgan fingerprint density at radius 2 is 1.96 bits per heavy atom. The summed E-state index contributed by atoms with van der Waals surface area (Å²) in [5.41, 5.74) is 4.32. The van der Waals surface area contributed by atoms with E-state index in [0.29, 0.717) is 16.5 Å². The minimum absolute atomic E-state index is 0.126. The molecule has 0 aromatic heterocycles. The van der Waals surface area contributed by atoms with Gasteiger partial charge in [0.25, 0.3) is 5.91 Å². The maximum atomic E-state index is 12.3. The van der Waals surface area contributed by atoms with Crippen molar-refractivity contribution in [2.24, 2.45) is 0 Å². The van der Waals surface area contributed by atoms with Gasteiger partial charge in [0, 0.05) is 21.7 Å². The molecule has 2 aromatic rings. The first-order valence-corrected chi connectivity index (χ1v) is 7.88. The monoisotopic (exact) mass is 327 g/mol. The number of fused-ring (bicyclic) bond motifs is 1. The Bertz CT molecular complexity index is 809. The van der Waals surface area contributed by atoms with E-state index in [0.717, 1.165) is 22.6 Å². The van der Waals surface area contributed by atoms with Crippen LogP contribution < -0.4 is 10.1 Å². The number of ether oxygens (including phenoxy) is 1. The number of anilines is 1. The first kappa shape index (κ1) is 15.6. The van der Waals surface area contributed by atoms with Crippen LogP contribution in [0.4, 0.5) is 5.69 Å². The highest BCUT2D eigenvalue weighted by molar-refractivity contribution is 6.36. The number of rotatable bonds is 3. The van der Waals surface area contributed by atoms with Crippen molar-refractivity contribution < 1.29 is 9.53 Å². The molecule has 0 unspecified atom stereocenters. The van der Waals surface area contributed by atoms with E-state index in [9.17, 15) is 4.79 Å². The van der Waals surface area contributed by atoms with Crippen LogP contribution in [0.15, 0.2) is 36.4 Å². The third-order valence-corrected chi connectivity index (χ3v) is 4.22. The van der Waals surface area contributed by atoms with Crippen LogP contribution in [0.25, 0.3) is 11.6 Å². The lowest BCUT2D eigenvalue weighted by Crippen LogP contribution is -2.03. The Kier molecular flexibility index (Phi) is 4.14. The van der Waals surface area contributed by atoms with Gasteiger partial charge in [0.1, 0.15) is 5.75 Å². The summed E-state index contributed by atoms with van der Waals surface area (Å²) in [7, 11) is 1.63. The lowest BCUT2D eigenvalue weighted by molar-refractivity contribution is -0.110. The molecule has 0 fully saturated rings. The lowest BCUT2D eigenvalue weighted by Gasteiger charge is -2.11. The highest BCUT2D eigenvalue weighted by Gasteiger charge is 2.24. The van der Waals surface area contributed by atoms with Gasteiger partial charge < -0.3 is 10.1 Å². The molecule has 0 atom stereocenters. The van der Waals surface area contributed by atoms with Crippen LogP contribution in [0.5, 0.6) is 5.75 Å². The number of carbonyl (C=O) groups excluding carboxylic acids is 1. The quantitative estimate of drug-likeness (QED) is 0.809. The van der Waals surface area contributed by atoms with Crippen LogP contribution in [-0.2, 0) is 4.79 Å². The van der Waals surface area contributed by atoms with Gasteiger partial charge in [-0.1, -0.05) is 37.6 Å². The third kappa shape index (κ3) is 2.97. The predicted molar refractivity (Wildman–Crippen MR) is 95.0 cm³/mol. The number of methoxy groups -OCH3 is 1. The minimum atomic E-state index is -0.126. The fraction of sp³-hybridized carbons (Fsp3) is 0.211. The van der Waals surface area contributed by atoms with Crippen molar-refractivity contribution in [3.05, 3.63) is 58.1 Å². The van der Waals surface area contributed by atoms with Crippen LogP contribution in [0.2, 0.25) is 5.02 Å². The van der Waals surface area contributed by atoms with Crippen molar-refractivity contribution >= 4 is 34.8 Å². The molecule has 118 valence electrons. The molecule has 0 spiro atoms. The van der Waals surface area contributed by atoms with E-state index in [1.54, 1.807) is 19.2 Å². The number of benzene rings is 2. The number of hydrogen-bond acceptors (Lipinski definition) is 2. The largest absolute Gasteiger partial charge is 0.496 e. The standard InChI is InChI=1S/C19H18ClNO2/c1-11(2)12-4-7-18(23-3)13(8-12)9-16-15-6-5-14(20)10-17(15)21-19(16)22/h4-11H,1-3H3,(H,21,22)/b16-9+. The van der Waals surface area contributed by atoms with E-state index in [2.05, 4.69) is 25.2 Å². The van der Waals surface area contributed by atoms with Crippen molar-refractivity contribution in [1.82, 2.24) is 0 Å². The van der Waals surface area contributed by atoms with Gasteiger partial charge >= 0.3 is 0 Å². The summed E-state index contributed by atoms with van der Waals surface area (Å²) in [5, 5.41) is 3.45. The Morgan fingerprint density at radius 3 is 2.65 bits per heavy atom. The van der Waals surface area contributed by atoms with E-state index in [1.165, 1.54) is 5.56 Å². The van der Waals surface area contributed by atoms with Crippen molar-refractivity contribution in [3.8, 4) is 5.75 Å². The molecule has 1 aliphatic heterocycles. The van der Waals surface area contributed by atoms with Crippen LogP contribution in [0, 0.1) is 0 Å². The van der Waals surface area contributed by atoms with E-state index in [1.807, 2.05) is 24.3 Å². The molecule has 1 N–H and O–H groups in total. The molecule has 1 heterocycles. The fourth-order valence-electron chi connectivity index (χ4n) is 2.69. The van der Waals surface area contributed by atoms with E-state index >= 15 is 0 Å². The predicted octanol–water partition coefficient (Wildman–Crippen LogP) is 4.96. The number of hydrogen-bond donors (Lipinski definition) is 1. The Labute approximate surface area is 140 Å². The van der Waals surface area contributed by atoms with Gasteiger partial charge in [-0.3, -0.25) is 4.79 Å². The molecule has 0 saturated heterocycles. The summed E-state index contributed by atoms with van der Waals surface area (Å²) in [4.78, 5) is 12.3. The summed E-state index contributed by atoms with van der Waals surface area (Å²) in [6, 6.07) is 11.5. The Balaban J connectivity index is 2.12. The summed E-state index contributed by atoms with van der Waals surface area (Å²) >= 11 is 5.99. The highest BCUT2D eigenvalue weighted by Crippen LogP contribution is 2.36. The average Bonchev–Trinajstić information content (AvgIpc) is 2.82. The molecule has 1 amide bonds. The molecule has 2 aromatic carbocycles. The zero-order valence-corrected chi connectivity index (χ0v) is 14.1. The normalized spacial score (nSPS) is 15.0.